The Morgan fingerprint density at radius 2 is 1.72 bits per heavy atom. The molecule has 0 amide bonds. The molecule has 8 heteroatoms. The van der Waals surface area contributed by atoms with Gasteiger partial charge in [-0.1, -0.05) is 24.9 Å². The van der Waals surface area contributed by atoms with Crippen LogP contribution in [0.15, 0.2) is 24.5 Å². The van der Waals surface area contributed by atoms with Gasteiger partial charge >= 0.3 is 0 Å². The number of anilines is 1. The van der Waals surface area contributed by atoms with E-state index >= 15 is 0 Å². The summed E-state index contributed by atoms with van der Waals surface area (Å²) >= 11 is 6.19. The zero-order valence-electron chi connectivity index (χ0n) is 13.3. The Kier molecular flexibility index (Phi) is 5.03. The van der Waals surface area contributed by atoms with Crippen LogP contribution in [-0.2, 0) is 0 Å². The van der Waals surface area contributed by atoms with Crippen molar-refractivity contribution in [1.29, 1.82) is 0 Å². The minimum atomic E-state index is -1.07. The average molecular weight is 367 g/mol. The first-order chi connectivity index (χ1) is 12.0. The number of benzene rings is 1. The van der Waals surface area contributed by atoms with Gasteiger partial charge in [-0.3, -0.25) is 0 Å². The third-order valence-electron chi connectivity index (χ3n) is 3.67. The lowest BCUT2D eigenvalue weighted by molar-refractivity contribution is 0.548. The number of aromatic nitrogens is 3. The number of rotatable bonds is 5. The third-order valence-corrected chi connectivity index (χ3v) is 3.94. The second-order valence-electron chi connectivity index (χ2n) is 5.41. The molecule has 3 rings (SSSR count). The molecular weight excluding hydrogens is 353 g/mol. The van der Waals surface area contributed by atoms with Crippen molar-refractivity contribution in [3.63, 3.8) is 0 Å². The third kappa shape index (κ3) is 3.37. The lowest BCUT2D eigenvalue weighted by Gasteiger charge is -2.16. The monoisotopic (exact) mass is 366 g/mol. The molecule has 0 saturated carbocycles. The molecule has 25 heavy (non-hydrogen) atoms. The number of unbranched alkanes of at least 4 members (excludes halogenated alkanes) is 1. The maximum absolute atomic E-state index is 14.3. The summed E-state index contributed by atoms with van der Waals surface area (Å²) in [6.07, 6.45) is 4.64. The van der Waals surface area contributed by atoms with Crippen molar-refractivity contribution < 1.29 is 13.2 Å². The highest BCUT2D eigenvalue weighted by molar-refractivity contribution is 6.33. The van der Waals surface area contributed by atoms with E-state index in [1.807, 2.05) is 6.92 Å². The quantitative estimate of drug-likeness (QED) is 0.511. The lowest BCUT2D eigenvalue weighted by Crippen LogP contribution is -2.07. The summed E-state index contributed by atoms with van der Waals surface area (Å²) in [7, 11) is 0. The maximum atomic E-state index is 14.3. The molecule has 0 aliphatic carbocycles. The summed E-state index contributed by atoms with van der Waals surface area (Å²) in [6, 6.07) is 1.21. The van der Waals surface area contributed by atoms with Crippen molar-refractivity contribution >= 4 is 28.5 Å². The van der Waals surface area contributed by atoms with Crippen molar-refractivity contribution in [2.24, 2.45) is 0 Å². The molecule has 0 aliphatic rings. The van der Waals surface area contributed by atoms with Crippen LogP contribution < -0.4 is 5.32 Å². The highest BCUT2D eigenvalue weighted by Gasteiger charge is 2.23. The molecule has 0 radical (unpaired) electrons. The molecule has 0 aliphatic heterocycles. The minimum absolute atomic E-state index is 0.000713. The second kappa shape index (κ2) is 7.23. The Bertz CT molecular complexity index is 910. The van der Waals surface area contributed by atoms with E-state index in [-0.39, 0.29) is 16.4 Å². The summed E-state index contributed by atoms with van der Waals surface area (Å²) in [5.41, 5.74) is 0.450. The standard InChI is InChI=1S/C17H14ClF3N4/c1-2-3-4-22-14-13(12-10(20)7-9(19)8-11(12)21)16(18)25-17-15(14)23-5-6-24-17/h5-8H,2-4H2,1H3,(H,22,24,25). The number of hydrogen-bond acceptors (Lipinski definition) is 4. The number of halogens is 4. The highest BCUT2D eigenvalue weighted by Crippen LogP contribution is 2.40. The maximum Gasteiger partial charge on any atom is 0.181 e. The highest BCUT2D eigenvalue weighted by atomic mass is 35.5. The summed E-state index contributed by atoms with van der Waals surface area (Å²) in [6.45, 7) is 2.55. The first kappa shape index (κ1) is 17.4. The van der Waals surface area contributed by atoms with Crippen LogP contribution >= 0.6 is 11.6 Å². The van der Waals surface area contributed by atoms with Crippen LogP contribution in [0.4, 0.5) is 18.9 Å². The van der Waals surface area contributed by atoms with Crippen LogP contribution in [-0.4, -0.2) is 21.5 Å². The van der Waals surface area contributed by atoms with Crippen LogP contribution in [0.25, 0.3) is 22.3 Å². The van der Waals surface area contributed by atoms with Gasteiger partial charge in [0.2, 0.25) is 0 Å². The predicted octanol–water partition coefficient (Wildman–Crippen LogP) is 4.97. The van der Waals surface area contributed by atoms with Gasteiger partial charge in [0.15, 0.2) is 5.65 Å². The van der Waals surface area contributed by atoms with Gasteiger partial charge in [0.05, 0.1) is 16.8 Å². The molecule has 0 bridgehead atoms. The Morgan fingerprint density at radius 3 is 2.40 bits per heavy atom. The Balaban J connectivity index is 2.30. The van der Waals surface area contributed by atoms with Gasteiger partial charge < -0.3 is 5.32 Å². The van der Waals surface area contributed by atoms with Crippen LogP contribution in [0.3, 0.4) is 0 Å². The molecule has 0 atom stereocenters. The van der Waals surface area contributed by atoms with E-state index in [1.54, 1.807) is 0 Å². The second-order valence-corrected chi connectivity index (χ2v) is 5.76. The van der Waals surface area contributed by atoms with Gasteiger partial charge in [-0.15, -0.1) is 0 Å². The average Bonchev–Trinajstić information content (AvgIpc) is 2.56. The fraction of sp³-hybridized carbons (Fsp3) is 0.235. The first-order valence-electron chi connectivity index (χ1n) is 7.72. The normalized spacial score (nSPS) is 11.1. The van der Waals surface area contributed by atoms with E-state index in [0.717, 1.165) is 12.8 Å². The minimum Gasteiger partial charge on any atom is -0.383 e. The Labute approximate surface area is 147 Å². The largest absolute Gasteiger partial charge is 0.383 e. The molecule has 3 aromatic rings. The number of hydrogen-bond donors (Lipinski definition) is 1. The number of nitrogens with one attached hydrogen (secondary N) is 1. The Hall–Kier alpha value is -2.41. The zero-order chi connectivity index (χ0) is 18.0. The predicted molar refractivity (Wildman–Crippen MR) is 91.1 cm³/mol. The molecule has 130 valence electrons. The molecule has 0 fully saturated rings. The molecule has 0 saturated heterocycles. The fourth-order valence-corrected chi connectivity index (χ4v) is 2.80. The number of nitrogens with zero attached hydrogens (tertiary/aromatic N) is 3. The summed E-state index contributed by atoms with van der Waals surface area (Å²) in [5, 5.41) is 2.97. The van der Waals surface area contributed by atoms with Crippen molar-refractivity contribution in [3.8, 4) is 11.1 Å². The van der Waals surface area contributed by atoms with E-state index in [9.17, 15) is 13.2 Å². The first-order valence-corrected chi connectivity index (χ1v) is 8.09. The van der Waals surface area contributed by atoms with Gasteiger partial charge in [0.1, 0.15) is 28.1 Å². The molecule has 1 N–H and O–H groups in total. The van der Waals surface area contributed by atoms with Crippen molar-refractivity contribution in [1.82, 2.24) is 15.0 Å². The summed E-state index contributed by atoms with van der Waals surface area (Å²) in [4.78, 5) is 12.3. The van der Waals surface area contributed by atoms with Crippen LogP contribution in [0.2, 0.25) is 5.15 Å². The van der Waals surface area contributed by atoms with Crippen molar-refractivity contribution in [2.45, 2.75) is 19.8 Å². The van der Waals surface area contributed by atoms with Gasteiger partial charge in [-0.2, -0.15) is 0 Å². The summed E-state index contributed by atoms with van der Waals surface area (Å²) < 4.78 is 41.9. The Morgan fingerprint density at radius 1 is 1.04 bits per heavy atom. The number of fused-ring (bicyclic) bond motifs is 1. The van der Waals surface area contributed by atoms with Gasteiger partial charge in [-0.05, 0) is 6.42 Å². The smallest absolute Gasteiger partial charge is 0.181 e. The fourth-order valence-electron chi connectivity index (χ4n) is 2.53. The molecule has 1 aromatic carbocycles. The van der Waals surface area contributed by atoms with Crippen molar-refractivity contribution in [3.05, 3.63) is 47.1 Å². The lowest BCUT2D eigenvalue weighted by atomic mass is 10.0. The molecule has 2 aromatic heterocycles. The molecule has 0 spiro atoms. The molecule has 2 heterocycles. The van der Waals surface area contributed by atoms with E-state index in [2.05, 4.69) is 20.3 Å². The topological polar surface area (TPSA) is 50.7 Å². The number of pyridine rings is 1. The summed E-state index contributed by atoms with van der Waals surface area (Å²) in [5.74, 6) is -3.14. The van der Waals surface area contributed by atoms with Gasteiger partial charge in [-0.25, -0.2) is 28.1 Å². The molecule has 4 nitrogen and oxygen atoms in total. The van der Waals surface area contributed by atoms with E-state index < -0.39 is 23.0 Å². The van der Waals surface area contributed by atoms with Crippen LogP contribution in [0.5, 0.6) is 0 Å². The zero-order valence-corrected chi connectivity index (χ0v) is 14.0. The van der Waals surface area contributed by atoms with E-state index in [0.29, 0.717) is 29.9 Å². The van der Waals surface area contributed by atoms with Gasteiger partial charge in [0.25, 0.3) is 0 Å². The molecular formula is C17H14ClF3N4. The van der Waals surface area contributed by atoms with Crippen LogP contribution in [0.1, 0.15) is 19.8 Å². The van der Waals surface area contributed by atoms with Gasteiger partial charge in [0, 0.05) is 31.1 Å². The van der Waals surface area contributed by atoms with Crippen molar-refractivity contribution in [2.75, 3.05) is 11.9 Å². The van der Waals surface area contributed by atoms with E-state index in [1.165, 1.54) is 12.4 Å². The van der Waals surface area contributed by atoms with Crippen LogP contribution in [0, 0.1) is 17.5 Å². The SMILES string of the molecule is CCCCNc1c(-c2c(F)cc(F)cc2F)c(Cl)nc2nccnc12. The molecule has 0 unspecified atom stereocenters. The van der Waals surface area contributed by atoms with E-state index in [4.69, 9.17) is 11.6 Å².